The van der Waals surface area contributed by atoms with Gasteiger partial charge in [-0.25, -0.2) is 0 Å². The van der Waals surface area contributed by atoms with Crippen molar-refractivity contribution < 1.29 is 9.59 Å². The molecule has 0 aliphatic heterocycles. The van der Waals surface area contributed by atoms with Crippen LogP contribution in [0.15, 0.2) is 0 Å². The van der Waals surface area contributed by atoms with E-state index in [4.69, 9.17) is 5.73 Å². The average Bonchev–Trinajstić information content (AvgIpc) is 2.69. The first-order valence-electron chi connectivity index (χ1n) is 7.28. The van der Waals surface area contributed by atoms with Crippen molar-refractivity contribution in [2.24, 2.45) is 11.1 Å². The minimum atomic E-state index is -0.457. The van der Waals surface area contributed by atoms with Crippen LogP contribution in [0.1, 0.15) is 45.4 Å². The molecule has 0 aromatic rings. The Morgan fingerprint density at radius 2 is 1.79 bits per heavy atom. The first kappa shape index (κ1) is 16.0. The summed E-state index contributed by atoms with van der Waals surface area (Å²) in [6.45, 7) is 3.00. The Bertz CT molecular complexity index is 310. The van der Waals surface area contributed by atoms with E-state index in [0.29, 0.717) is 13.1 Å². The van der Waals surface area contributed by atoms with Gasteiger partial charge in [-0.3, -0.25) is 9.59 Å². The van der Waals surface area contributed by atoms with Crippen LogP contribution in [0.25, 0.3) is 0 Å². The standard InChI is InChI=1S/C14H27N3O2/c1-3-17(2)12(18)10-16-13(19)14(11-15)8-6-4-5-7-9-14/h3-11,15H2,1-2H3,(H,16,19). The van der Waals surface area contributed by atoms with Crippen molar-refractivity contribution in [1.82, 2.24) is 10.2 Å². The van der Waals surface area contributed by atoms with Crippen molar-refractivity contribution in [1.29, 1.82) is 0 Å². The lowest BCUT2D eigenvalue weighted by atomic mass is 9.79. The molecule has 0 bridgehead atoms. The number of nitrogens with one attached hydrogen (secondary N) is 1. The molecule has 3 N–H and O–H groups in total. The maximum absolute atomic E-state index is 12.4. The van der Waals surface area contributed by atoms with E-state index in [2.05, 4.69) is 5.32 Å². The maximum Gasteiger partial charge on any atom is 0.241 e. The number of rotatable bonds is 5. The van der Waals surface area contributed by atoms with Crippen LogP contribution in [-0.2, 0) is 9.59 Å². The summed E-state index contributed by atoms with van der Waals surface area (Å²) in [7, 11) is 1.73. The fraction of sp³-hybridized carbons (Fsp3) is 0.857. The van der Waals surface area contributed by atoms with Gasteiger partial charge >= 0.3 is 0 Å². The van der Waals surface area contributed by atoms with Gasteiger partial charge in [-0.05, 0) is 19.8 Å². The number of hydrogen-bond acceptors (Lipinski definition) is 3. The van der Waals surface area contributed by atoms with E-state index >= 15 is 0 Å². The van der Waals surface area contributed by atoms with E-state index in [9.17, 15) is 9.59 Å². The van der Waals surface area contributed by atoms with Crippen LogP contribution in [0.5, 0.6) is 0 Å². The van der Waals surface area contributed by atoms with Crippen LogP contribution < -0.4 is 11.1 Å². The molecule has 2 amide bonds. The molecular weight excluding hydrogens is 242 g/mol. The quantitative estimate of drug-likeness (QED) is 0.728. The predicted molar refractivity (Wildman–Crippen MR) is 75.5 cm³/mol. The Hall–Kier alpha value is -1.10. The highest BCUT2D eigenvalue weighted by atomic mass is 16.2. The van der Waals surface area contributed by atoms with Gasteiger partial charge in [-0.2, -0.15) is 0 Å². The van der Waals surface area contributed by atoms with Crippen LogP contribution in [0.4, 0.5) is 0 Å². The molecule has 1 aliphatic carbocycles. The van der Waals surface area contributed by atoms with E-state index in [1.54, 1.807) is 11.9 Å². The summed E-state index contributed by atoms with van der Waals surface area (Å²) >= 11 is 0. The van der Waals surface area contributed by atoms with Gasteiger partial charge in [0.2, 0.25) is 11.8 Å². The zero-order valence-corrected chi connectivity index (χ0v) is 12.2. The Balaban J connectivity index is 2.56. The molecule has 1 fully saturated rings. The topological polar surface area (TPSA) is 75.4 Å². The Morgan fingerprint density at radius 3 is 2.26 bits per heavy atom. The molecule has 0 heterocycles. The predicted octanol–water partition coefficient (Wildman–Crippen LogP) is 0.880. The number of carbonyl (C=O) groups is 2. The maximum atomic E-state index is 12.4. The Kier molecular flexibility index (Phi) is 6.28. The fourth-order valence-electron chi connectivity index (χ4n) is 2.58. The second kappa shape index (κ2) is 7.48. The molecule has 0 unspecified atom stereocenters. The molecule has 1 rings (SSSR count). The highest BCUT2D eigenvalue weighted by Crippen LogP contribution is 2.34. The molecule has 0 radical (unpaired) electrons. The van der Waals surface area contributed by atoms with E-state index in [-0.39, 0.29) is 18.4 Å². The summed E-state index contributed by atoms with van der Waals surface area (Å²) in [6.07, 6.45) is 6.13. The summed E-state index contributed by atoms with van der Waals surface area (Å²) in [5, 5.41) is 2.78. The third-order valence-electron chi connectivity index (χ3n) is 4.23. The summed E-state index contributed by atoms with van der Waals surface area (Å²) in [6, 6.07) is 0. The molecular formula is C14H27N3O2. The Labute approximate surface area is 115 Å². The lowest BCUT2D eigenvalue weighted by Gasteiger charge is -2.30. The first-order valence-corrected chi connectivity index (χ1v) is 7.28. The van der Waals surface area contributed by atoms with Crippen molar-refractivity contribution in [3.8, 4) is 0 Å². The molecule has 5 nitrogen and oxygen atoms in total. The average molecular weight is 269 g/mol. The number of likely N-dealkylation sites (N-methyl/N-ethyl adjacent to an activating group) is 1. The van der Waals surface area contributed by atoms with Gasteiger partial charge < -0.3 is 16.0 Å². The van der Waals surface area contributed by atoms with Gasteiger partial charge in [-0.1, -0.05) is 25.7 Å². The van der Waals surface area contributed by atoms with Crippen LogP contribution in [0, 0.1) is 5.41 Å². The summed E-state index contributed by atoms with van der Waals surface area (Å²) in [4.78, 5) is 25.7. The van der Waals surface area contributed by atoms with E-state index in [0.717, 1.165) is 25.7 Å². The van der Waals surface area contributed by atoms with Gasteiger partial charge in [0, 0.05) is 20.1 Å². The zero-order valence-electron chi connectivity index (χ0n) is 12.2. The van der Waals surface area contributed by atoms with Crippen molar-refractivity contribution in [3.05, 3.63) is 0 Å². The molecule has 0 aromatic heterocycles. The second-order valence-electron chi connectivity index (χ2n) is 5.49. The molecule has 1 aliphatic rings. The Morgan fingerprint density at radius 1 is 1.21 bits per heavy atom. The number of hydrogen-bond donors (Lipinski definition) is 2. The third kappa shape index (κ3) is 4.20. The minimum absolute atomic E-state index is 0.0465. The third-order valence-corrected chi connectivity index (χ3v) is 4.23. The number of carbonyl (C=O) groups excluding carboxylic acids is 2. The van der Waals surface area contributed by atoms with Crippen molar-refractivity contribution in [3.63, 3.8) is 0 Å². The van der Waals surface area contributed by atoms with Crippen molar-refractivity contribution >= 4 is 11.8 Å². The fourth-order valence-corrected chi connectivity index (χ4v) is 2.58. The molecule has 19 heavy (non-hydrogen) atoms. The lowest BCUT2D eigenvalue weighted by molar-refractivity contribution is -0.136. The first-order chi connectivity index (χ1) is 9.05. The van der Waals surface area contributed by atoms with Gasteiger partial charge in [-0.15, -0.1) is 0 Å². The van der Waals surface area contributed by atoms with Crippen molar-refractivity contribution in [2.45, 2.75) is 45.4 Å². The molecule has 110 valence electrons. The van der Waals surface area contributed by atoms with Crippen LogP contribution in [0.3, 0.4) is 0 Å². The highest BCUT2D eigenvalue weighted by Gasteiger charge is 2.37. The number of amides is 2. The highest BCUT2D eigenvalue weighted by molar-refractivity contribution is 5.88. The van der Waals surface area contributed by atoms with Gasteiger partial charge in [0.25, 0.3) is 0 Å². The van der Waals surface area contributed by atoms with Crippen molar-refractivity contribution in [2.75, 3.05) is 26.7 Å². The molecule has 0 spiro atoms. The molecule has 0 saturated heterocycles. The SMILES string of the molecule is CCN(C)C(=O)CNC(=O)C1(CN)CCCCCC1. The van der Waals surface area contributed by atoms with E-state index in [1.165, 1.54) is 12.8 Å². The molecule has 0 aromatic carbocycles. The number of nitrogens with two attached hydrogens (primary N) is 1. The van der Waals surface area contributed by atoms with E-state index in [1.807, 2.05) is 6.92 Å². The van der Waals surface area contributed by atoms with E-state index < -0.39 is 5.41 Å². The monoisotopic (exact) mass is 269 g/mol. The van der Waals surface area contributed by atoms with Crippen LogP contribution >= 0.6 is 0 Å². The molecule has 5 heteroatoms. The lowest BCUT2D eigenvalue weighted by Crippen LogP contribution is -2.48. The minimum Gasteiger partial charge on any atom is -0.347 e. The molecule has 0 atom stereocenters. The van der Waals surface area contributed by atoms with Crippen LogP contribution in [0.2, 0.25) is 0 Å². The number of nitrogens with zero attached hydrogens (tertiary/aromatic N) is 1. The summed E-state index contributed by atoms with van der Waals surface area (Å²) in [5.74, 6) is -0.105. The van der Waals surface area contributed by atoms with Crippen LogP contribution in [-0.4, -0.2) is 43.4 Å². The van der Waals surface area contributed by atoms with Gasteiger partial charge in [0.15, 0.2) is 0 Å². The zero-order chi connectivity index (χ0) is 14.3. The molecule has 1 saturated carbocycles. The largest absolute Gasteiger partial charge is 0.347 e. The summed E-state index contributed by atoms with van der Waals surface area (Å²) in [5.41, 5.74) is 5.39. The van der Waals surface area contributed by atoms with Gasteiger partial charge in [0.1, 0.15) is 0 Å². The second-order valence-corrected chi connectivity index (χ2v) is 5.49. The normalized spacial score (nSPS) is 18.5. The summed E-state index contributed by atoms with van der Waals surface area (Å²) < 4.78 is 0. The smallest absolute Gasteiger partial charge is 0.241 e. The van der Waals surface area contributed by atoms with Gasteiger partial charge in [0.05, 0.1) is 12.0 Å².